The van der Waals surface area contributed by atoms with Crippen molar-refractivity contribution < 1.29 is 0 Å². The molecule has 0 saturated carbocycles. The summed E-state index contributed by atoms with van der Waals surface area (Å²) >= 11 is 4.94. The number of thioether (sulfide) groups is 1. The quantitative estimate of drug-likeness (QED) is 0.698. The molecule has 3 rings (SSSR count). The lowest BCUT2D eigenvalue weighted by atomic mass is 9.98. The highest BCUT2D eigenvalue weighted by atomic mass is 79.9. The van der Waals surface area contributed by atoms with Crippen LogP contribution in [0.25, 0.3) is 16.9 Å². The Kier molecular flexibility index (Phi) is 4.10. The van der Waals surface area contributed by atoms with E-state index in [2.05, 4.69) is 44.8 Å². The normalized spacial score (nSPS) is 11.5. The topological polar surface area (TPSA) is 69.1 Å². The van der Waals surface area contributed by atoms with E-state index in [9.17, 15) is 0 Å². The van der Waals surface area contributed by atoms with Crippen LogP contribution in [-0.2, 0) is 0 Å². The summed E-state index contributed by atoms with van der Waals surface area (Å²) in [5, 5.41) is 5.08. The maximum absolute atomic E-state index is 6.40. The van der Waals surface area contributed by atoms with Crippen LogP contribution in [0.2, 0.25) is 0 Å². The minimum atomic E-state index is 0.236. The number of halogens is 1. The Morgan fingerprint density at radius 2 is 1.86 bits per heavy atom. The summed E-state index contributed by atoms with van der Waals surface area (Å²) in [6.07, 6.45) is 1.93. The van der Waals surface area contributed by atoms with Crippen molar-refractivity contribution in [3.05, 3.63) is 34.4 Å². The van der Waals surface area contributed by atoms with Crippen molar-refractivity contribution in [2.45, 2.75) is 24.9 Å². The SMILES string of the molecule is CSc1nc2nc(C(C)C)c(-c3ccc(Br)cc3)c(N)n2n1. The zero-order valence-corrected chi connectivity index (χ0v) is 14.9. The molecule has 0 unspecified atom stereocenters. The monoisotopic (exact) mass is 377 g/mol. The van der Waals surface area contributed by atoms with Crippen LogP contribution in [0.4, 0.5) is 5.82 Å². The van der Waals surface area contributed by atoms with Crippen LogP contribution in [0.5, 0.6) is 0 Å². The Balaban J connectivity index is 2.32. The fourth-order valence-corrected chi connectivity index (χ4v) is 2.94. The minimum Gasteiger partial charge on any atom is -0.383 e. The molecule has 0 aliphatic rings. The van der Waals surface area contributed by atoms with Gasteiger partial charge in [0.05, 0.1) is 5.69 Å². The largest absolute Gasteiger partial charge is 0.383 e. The molecule has 0 aliphatic heterocycles. The summed E-state index contributed by atoms with van der Waals surface area (Å²) in [6, 6.07) is 8.05. The molecule has 0 bridgehead atoms. The number of nitrogens with zero attached hydrogens (tertiary/aromatic N) is 4. The van der Waals surface area contributed by atoms with Crippen molar-refractivity contribution in [3.63, 3.8) is 0 Å². The number of fused-ring (bicyclic) bond motifs is 1. The van der Waals surface area contributed by atoms with E-state index >= 15 is 0 Å². The molecule has 0 fully saturated rings. The van der Waals surface area contributed by atoms with Crippen molar-refractivity contribution in [2.24, 2.45) is 0 Å². The third-order valence-electron chi connectivity index (χ3n) is 3.39. The van der Waals surface area contributed by atoms with Crippen LogP contribution < -0.4 is 5.73 Å². The molecule has 2 heterocycles. The fraction of sp³-hybridized carbons (Fsp3) is 0.267. The van der Waals surface area contributed by atoms with Gasteiger partial charge in [-0.05, 0) is 29.9 Å². The highest BCUT2D eigenvalue weighted by Crippen LogP contribution is 2.34. The van der Waals surface area contributed by atoms with Crippen molar-refractivity contribution in [3.8, 4) is 11.1 Å². The smallest absolute Gasteiger partial charge is 0.255 e. The third-order valence-corrected chi connectivity index (χ3v) is 4.46. The molecule has 0 radical (unpaired) electrons. The first kappa shape index (κ1) is 15.3. The molecule has 7 heteroatoms. The molecule has 3 aromatic rings. The molecule has 114 valence electrons. The van der Waals surface area contributed by atoms with Gasteiger partial charge in [-0.2, -0.15) is 9.50 Å². The van der Waals surface area contributed by atoms with Gasteiger partial charge < -0.3 is 5.73 Å². The molecule has 0 spiro atoms. The summed E-state index contributed by atoms with van der Waals surface area (Å²) in [6.45, 7) is 4.21. The van der Waals surface area contributed by atoms with Crippen LogP contribution in [0, 0.1) is 0 Å². The van der Waals surface area contributed by atoms with Crippen LogP contribution in [0.1, 0.15) is 25.5 Å². The molecule has 5 nitrogen and oxygen atoms in total. The molecule has 0 amide bonds. The zero-order valence-electron chi connectivity index (χ0n) is 12.5. The Morgan fingerprint density at radius 3 is 2.45 bits per heavy atom. The Labute approximate surface area is 141 Å². The Morgan fingerprint density at radius 1 is 1.18 bits per heavy atom. The predicted molar refractivity (Wildman–Crippen MR) is 94.2 cm³/mol. The first-order valence-corrected chi connectivity index (χ1v) is 8.89. The molecule has 0 atom stereocenters. The van der Waals surface area contributed by atoms with Crippen LogP contribution >= 0.6 is 27.7 Å². The highest BCUT2D eigenvalue weighted by Gasteiger charge is 2.19. The van der Waals surface area contributed by atoms with Crippen LogP contribution in [-0.4, -0.2) is 25.8 Å². The molecule has 0 aliphatic carbocycles. The lowest BCUT2D eigenvalue weighted by molar-refractivity contribution is 0.811. The van der Waals surface area contributed by atoms with Crippen molar-refractivity contribution >= 4 is 39.3 Å². The highest BCUT2D eigenvalue weighted by molar-refractivity contribution is 9.10. The lowest BCUT2D eigenvalue weighted by Gasteiger charge is -2.15. The molecule has 2 N–H and O–H groups in total. The number of nitrogens with two attached hydrogens (primary N) is 1. The molecule has 22 heavy (non-hydrogen) atoms. The van der Waals surface area contributed by atoms with Gasteiger partial charge in [0.25, 0.3) is 5.78 Å². The second kappa shape index (κ2) is 5.89. The first-order valence-electron chi connectivity index (χ1n) is 6.87. The molecular weight excluding hydrogens is 362 g/mol. The summed E-state index contributed by atoms with van der Waals surface area (Å²) in [5.41, 5.74) is 9.28. The number of nitrogen functional groups attached to an aromatic ring is 1. The van der Waals surface area contributed by atoms with Gasteiger partial charge in [0.15, 0.2) is 0 Å². The number of rotatable bonds is 3. The lowest BCUT2D eigenvalue weighted by Crippen LogP contribution is -2.08. The van der Waals surface area contributed by atoms with E-state index in [0.29, 0.717) is 16.8 Å². The number of hydrogen-bond donors (Lipinski definition) is 1. The summed E-state index contributed by atoms with van der Waals surface area (Å²) in [5.74, 6) is 1.36. The van der Waals surface area contributed by atoms with Gasteiger partial charge in [0.1, 0.15) is 5.82 Å². The molecule has 0 saturated heterocycles. The van der Waals surface area contributed by atoms with Gasteiger partial charge in [0, 0.05) is 10.0 Å². The standard InChI is InChI=1S/C15H16BrN5S/c1-8(2)12-11(9-4-6-10(16)7-5-9)13(17)21-14(18-12)19-15(20-21)22-3/h4-8H,17H2,1-3H3. The van der Waals surface area contributed by atoms with Crippen molar-refractivity contribution in [2.75, 3.05) is 12.0 Å². The molecule has 1 aromatic carbocycles. The molecule has 2 aromatic heterocycles. The predicted octanol–water partition coefficient (Wildman–Crippen LogP) is 3.98. The average Bonchev–Trinajstić information content (AvgIpc) is 2.92. The maximum atomic E-state index is 6.40. The Hall–Kier alpha value is -1.60. The average molecular weight is 378 g/mol. The minimum absolute atomic E-state index is 0.236. The van der Waals surface area contributed by atoms with E-state index in [-0.39, 0.29) is 5.92 Å². The van der Waals surface area contributed by atoms with E-state index in [4.69, 9.17) is 5.73 Å². The van der Waals surface area contributed by atoms with Gasteiger partial charge in [-0.25, -0.2) is 4.98 Å². The van der Waals surface area contributed by atoms with Crippen molar-refractivity contribution in [1.29, 1.82) is 0 Å². The van der Waals surface area contributed by atoms with Crippen molar-refractivity contribution in [1.82, 2.24) is 19.6 Å². The van der Waals surface area contributed by atoms with Gasteiger partial charge in [-0.1, -0.05) is 53.7 Å². The van der Waals surface area contributed by atoms with E-state index in [1.807, 2.05) is 30.5 Å². The molecular formula is C15H16BrN5S. The number of benzene rings is 1. The van der Waals surface area contributed by atoms with E-state index < -0.39 is 0 Å². The van der Waals surface area contributed by atoms with Gasteiger partial charge in [-0.15, -0.1) is 5.10 Å². The number of aromatic nitrogens is 4. The summed E-state index contributed by atoms with van der Waals surface area (Å²) in [4.78, 5) is 9.09. The maximum Gasteiger partial charge on any atom is 0.255 e. The van der Waals surface area contributed by atoms with E-state index in [1.165, 1.54) is 11.8 Å². The third kappa shape index (κ3) is 2.59. The van der Waals surface area contributed by atoms with Crippen LogP contribution in [0.3, 0.4) is 0 Å². The first-order chi connectivity index (χ1) is 10.5. The summed E-state index contributed by atoms with van der Waals surface area (Å²) < 4.78 is 2.65. The van der Waals surface area contributed by atoms with E-state index in [1.54, 1.807) is 4.52 Å². The number of hydrogen-bond acceptors (Lipinski definition) is 5. The van der Waals surface area contributed by atoms with Gasteiger partial charge >= 0.3 is 0 Å². The summed E-state index contributed by atoms with van der Waals surface area (Å²) in [7, 11) is 0. The van der Waals surface area contributed by atoms with Crippen LogP contribution in [0.15, 0.2) is 33.9 Å². The second-order valence-electron chi connectivity index (χ2n) is 5.23. The second-order valence-corrected chi connectivity index (χ2v) is 6.92. The van der Waals surface area contributed by atoms with Gasteiger partial charge in [0.2, 0.25) is 5.16 Å². The van der Waals surface area contributed by atoms with E-state index in [0.717, 1.165) is 21.3 Å². The zero-order chi connectivity index (χ0) is 15.9. The van der Waals surface area contributed by atoms with Gasteiger partial charge in [-0.3, -0.25) is 0 Å². The number of anilines is 1. The Bertz CT molecular complexity index is 826. The fourth-order valence-electron chi connectivity index (χ4n) is 2.34.